The SMILES string of the molecule is [2H]c1c([2H])c([2H])c2c(-c3c4ccccc4c(-c4c([2H])c([2H])c([2H])c5c(-c6c([2H])c([2H])c([2H])c7c([2H])c([2H])c([2H])c([2H])c67)c([2H])c([2H])c([2H])c45)c4ccccc34)c([2H])c([2H])c([2H])c2c1[2H]. The van der Waals surface area contributed by atoms with Crippen molar-refractivity contribution in [2.75, 3.05) is 0 Å². The van der Waals surface area contributed by atoms with Crippen LogP contribution in [-0.4, -0.2) is 0 Å². The van der Waals surface area contributed by atoms with E-state index in [0.717, 1.165) is 0 Å². The van der Waals surface area contributed by atoms with Gasteiger partial charge in [-0.25, -0.2) is 0 Å². The van der Waals surface area contributed by atoms with Gasteiger partial charge in [0.1, 0.15) is 0 Å². The minimum Gasteiger partial charge on any atom is -0.0616 e. The maximum absolute atomic E-state index is 9.51. The summed E-state index contributed by atoms with van der Waals surface area (Å²) < 4.78 is 178. The van der Waals surface area contributed by atoms with Crippen LogP contribution in [0.25, 0.3) is 87.2 Å². The molecule has 0 unspecified atom stereocenters. The first-order valence-electron chi connectivity index (χ1n) is 23.7. The van der Waals surface area contributed by atoms with E-state index in [-0.39, 0.29) is 49.2 Å². The minimum absolute atomic E-state index is 0.0835. The Labute approximate surface area is 284 Å². The number of benzene rings is 9. The first kappa shape index (κ1) is 12.1. The lowest BCUT2D eigenvalue weighted by molar-refractivity contribution is 1.67. The van der Waals surface area contributed by atoms with Crippen molar-refractivity contribution in [1.29, 1.82) is 0 Å². The van der Waals surface area contributed by atoms with Crippen LogP contribution in [0.5, 0.6) is 0 Å². The highest BCUT2D eigenvalue weighted by Gasteiger charge is 2.19. The number of fused-ring (bicyclic) bond motifs is 5. The van der Waals surface area contributed by atoms with E-state index in [9.17, 15) is 8.22 Å². The van der Waals surface area contributed by atoms with E-state index in [2.05, 4.69) is 0 Å². The molecule has 0 radical (unpaired) electrons. The fraction of sp³-hybridized carbons (Fsp3) is 0. The maximum Gasteiger partial charge on any atom is 0.0629 e. The van der Waals surface area contributed by atoms with E-state index in [1.165, 1.54) is 0 Å². The lowest BCUT2D eigenvalue weighted by Crippen LogP contribution is -1.92. The van der Waals surface area contributed by atoms with Gasteiger partial charge in [-0.2, -0.15) is 0 Å². The predicted molar refractivity (Wildman–Crippen MR) is 190 cm³/mol. The molecule has 0 aliphatic rings. The van der Waals surface area contributed by atoms with E-state index in [0.29, 0.717) is 10.8 Å². The average Bonchev–Trinajstić information content (AvgIpc) is 3.28. The molecular formula is C44H28. The quantitative estimate of drug-likeness (QED) is 0.184. The van der Waals surface area contributed by atoms with Crippen molar-refractivity contribution in [1.82, 2.24) is 0 Å². The third-order valence-electron chi connectivity index (χ3n) is 7.81. The molecule has 0 spiro atoms. The lowest BCUT2D eigenvalue weighted by Gasteiger charge is -2.20. The molecule has 0 bridgehead atoms. The van der Waals surface area contributed by atoms with Crippen LogP contribution in [0.3, 0.4) is 0 Å². The van der Waals surface area contributed by atoms with Crippen molar-refractivity contribution < 1.29 is 27.4 Å². The second kappa shape index (κ2) is 9.93. The zero-order chi connectivity index (χ0) is 46.4. The van der Waals surface area contributed by atoms with E-state index in [4.69, 9.17) is 19.2 Å². The van der Waals surface area contributed by atoms with Crippen molar-refractivity contribution in [3.05, 3.63) is 169 Å². The van der Waals surface area contributed by atoms with Gasteiger partial charge >= 0.3 is 0 Å². The van der Waals surface area contributed by atoms with Gasteiger partial charge in [0.25, 0.3) is 0 Å². The van der Waals surface area contributed by atoms with E-state index in [1.807, 2.05) is 0 Å². The average molecular weight is 577 g/mol. The van der Waals surface area contributed by atoms with Crippen LogP contribution in [0.15, 0.2) is 169 Å². The smallest absolute Gasteiger partial charge is 0.0616 e. The Morgan fingerprint density at radius 3 is 1.11 bits per heavy atom. The molecule has 0 heterocycles. The zero-order valence-electron chi connectivity index (χ0n) is 42.6. The molecule has 0 heteroatoms. The molecule has 9 rings (SSSR count). The van der Waals surface area contributed by atoms with Gasteiger partial charge in [0, 0.05) is 0 Å². The molecule has 0 N–H and O–H groups in total. The van der Waals surface area contributed by atoms with Crippen molar-refractivity contribution in [3.8, 4) is 33.4 Å². The topological polar surface area (TPSA) is 0 Å². The molecule has 0 saturated carbocycles. The summed E-state index contributed by atoms with van der Waals surface area (Å²) in [6, 6.07) is -0.419. The van der Waals surface area contributed by atoms with Gasteiger partial charge in [-0.1, -0.05) is 169 Å². The summed E-state index contributed by atoms with van der Waals surface area (Å²) in [6.07, 6.45) is 0. The Hall–Kier alpha value is -5.72. The molecule has 204 valence electrons. The van der Waals surface area contributed by atoms with Crippen LogP contribution in [-0.2, 0) is 0 Å². The minimum atomic E-state index is -0.787. The lowest BCUT2D eigenvalue weighted by atomic mass is 9.83. The Morgan fingerprint density at radius 1 is 0.273 bits per heavy atom. The van der Waals surface area contributed by atoms with Gasteiger partial charge in [0.05, 0.1) is 27.4 Å². The molecule has 0 aliphatic carbocycles. The van der Waals surface area contributed by atoms with Crippen LogP contribution in [0, 0.1) is 0 Å². The van der Waals surface area contributed by atoms with Gasteiger partial charge < -0.3 is 0 Å². The second-order valence-electron chi connectivity index (χ2n) is 10.1. The molecular weight excluding hydrogens is 528 g/mol. The third kappa shape index (κ3) is 3.71. The molecule has 9 aromatic rings. The van der Waals surface area contributed by atoms with Gasteiger partial charge in [0.15, 0.2) is 0 Å². The van der Waals surface area contributed by atoms with Crippen molar-refractivity contribution in [2.24, 2.45) is 0 Å². The molecule has 0 nitrogen and oxygen atoms in total. The largest absolute Gasteiger partial charge is 0.0629 e. The molecule has 0 fully saturated rings. The maximum atomic E-state index is 9.51. The highest BCUT2D eigenvalue weighted by Crippen LogP contribution is 2.47. The Kier molecular flexibility index (Phi) is 2.73. The number of hydrogen-bond donors (Lipinski definition) is 0. The van der Waals surface area contributed by atoms with Gasteiger partial charge in [-0.05, 0) is 87.2 Å². The highest BCUT2D eigenvalue weighted by atomic mass is 14.2. The normalized spacial score (nSPS) is 18.0. The number of rotatable bonds is 3. The van der Waals surface area contributed by atoms with Crippen molar-refractivity contribution in [3.63, 3.8) is 0 Å². The Morgan fingerprint density at radius 2 is 0.591 bits per heavy atom. The molecule has 0 amide bonds. The molecule has 44 heavy (non-hydrogen) atoms. The standard InChI is InChI=1S/C44H28/c1-3-17-31-29(13-1)15-9-23-33(31)34-24-11-26-36-35(34)25-12-28-38(36)44-41-21-7-5-19-39(41)43(40-20-6-8-22-42(40)44)37-27-10-16-30-14-2-4-18-32(30)37/h1-28H/i1D,2D,3D,4D,9D,10D,11D,12D,13D,14D,15D,16D,17D,18D,23D,24D,25D,26D,27D,28D. The Balaban J connectivity index is 1.55. The fourth-order valence-corrected chi connectivity index (χ4v) is 5.98. The van der Waals surface area contributed by atoms with Crippen LogP contribution in [0.2, 0.25) is 0 Å². The highest BCUT2D eigenvalue weighted by molar-refractivity contribution is 6.25. The summed E-state index contributed by atoms with van der Waals surface area (Å²) in [7, 11) is 0. The molecule has 0 saturated heterocycles. The summed E-state index contributed by atoms with van der Waals surface area (Å²) in [4.78, 5) is 0. The third-order valence-corrected chi connectivity index (χ3v) is 7.81. The van der Waals surface area contributed by atoms with Crippen LogP contribution >= 0.6 is 0 Å². The molecule has 0 aliphatic heterocycles. The monoisotopic (exact) mass is 576 g/mol. The van der Waals surface area contributed by atoms with E-state index >= 15 is 0 Å². The van der Waals surface area contributed by atoms with Crippen molar-refractivity contribution >= 4 is 53.9 Å². The Bertz CT molecular complexity index is 3600. The number of hydrogen-bond acceptors (Lipinski definition) is 0. The van der Waals surface area contributed by atoms with Crippen molar-refractivity contribution in [2.45, 2.75) is 0 Å². The molecule has 0 aromatic heterocycles. The first-order valence-corrected chi connectivity index (χ1v) is 13.7. The van der Waals surface area contributed by atoms with Crippen LogP contribution in [0.1, 0.15) is 27.4 Å². The summed E-state index contributed by atoms with van der Waals surface area (Å²) in [5.41, 5.74) is -0.876. The van der Waals surface area contributed by atoms with Crippen LogP contribution in [0.4, 0.5) is 0 Å². The predicted octanol–water partition coefficient (Wildman–Crippen LogP) is 12.5. The fourth-order valence-electron chi connectivity index (χ4n) is 5.98. The van der Waals surface area contributed by atoms with Gasteiger partial charge in [0.2, 0.25) is 0 Å². The molecule has 0 atom stereocenters. The first-order chi connectivity index (χ1) is 30.2. The zero-order valence-corrected chi connectivity index (χ0v) is 22.6. The summed E-state index contributed by atoms with van der Waals surface area (Å²) in [5.74, 6) is 0. The van der Waals surface area contributed by atoms with E-state index in [1.54, 1.807) is 48.5 Å². The second-order valence-corrected chi connectivity index (χ2v) is 10.1. The van der Waals surface area contributed by atoms with Gasteiger partial charge in [-0.15, -0.1) is 0 Å². The summed E-state index contributed by atoms with van der Waals surface area (Å²) in [5, 5.41) is -0.894. The molecule has 9 aromatic carbocycles. The van der Waals surface area contributed by atoms with Gasteiger partial charge in [-0.3, -0.25) is 0 Å². The summed E-state index contributed by atoms with van der Waals surface area (Å²) in [6.45, 7) is 0. The summed E-state index contributed by atoms with van der Waals surface area (Å²) >= 11 is 0. The van der Waals surface area contributed by atoms with E-state index < -0.39 is 148 Å². The van der Waals surface area contributed by atoms with Crippen LogP contribution < -0.4 is 0 Å².